The number of hydrogen-bond acceptors (Lipinski definition) is 3. The molecule has 1 amide bonds. The van der Waals surface area contributed by atoms with Gasteiger partial charge in [-0.05, 0) is 25.0 Å². The highest BCUT2D eigenvalue weighted by Crippen LogP contribution is 2.33. The van der Waals surface area contributed by atoms with E-state index in [1.807, 2.05) is 19.9 Å². The highest BCUT2D eigenvalue weighted by Gasteiger charge is 2.16. The molecule has 1 saturated carbocycles. The summed E-state index contributed by atoms with van der Waals surface area (Å²) in [6.45, 7) is 3.70. The Hall–Kier alpha value is -1.42. The van der Waals surface area contributed by atoms with Gasteiger partial charge in [-0.2, -0.15) is 0 Å². The SMILES string of the molecule is CC(C)C(=O)Nc1cc(NC2CCCCC2)c(N)cc1Cl. The smallest absolute Gasteiger partial charge is 0.226 e. The van der Waals surface area contributed by atoms with Crippen LogP contribution in [0.1, 0.15) is 46.0 Å². The normalized spacial score (nSPS) is 16.0. The average molecular weight is 310 g/mol. The Kier molecular flexibility index (Phi) is 5.34. The van der Waals surface area contributed by atoms with Crippen molar-refractivity contribution < 1.29 is 4.79 Å². The lowest BCUT2D eigenvalue weighted by Gasteiger charge is -2.25. The van der Waals surface area contributed by atoms with Crippen LogP contribution in [0.25, 0.3) is 0 Å². The molecule has 0 atom stereocenters. The van der Waals surface area contributed by atoms with E-state index in [-0.39, 0.29) is 11.8 Å². The molecule has 0 saturated heterocycles. The number of amides is 1. The third kappa shape index (κ3) is 4.27. The van der Waals surface area contributed by atoms with Crippen molar-refractivity contribution in [3.05, 3.63) is 17.2 Å². The second-order valence-corrected chi connectivity index (χ2v) is 6.45. The van der Waals surface area contributed by atoms with Crippen molar-refractivity contribution in [1.82, 2.24) is 0 Å². The summed E-state index contributed by atoms with van der Waals surface area (Å²) in [5.74, 6) is -0.140. The molecule has 1 aliphatic rings. The maximum Gasteiger partial charge on any atom is 0.226 e. The summed E-state index contributed by atoms with van der Waals surface area (Å²) in [6.07, 6.45) is 6.14. The van der Waals surface area contributed by atoms with Crippen LogP contribution in [-0.4, -0.2) is 11.9 Å². The van der Waals surface area contributed by atoms with Gasteiger partial charge in [0.1, 0.15) is 0 Å². The third-order valence-corrected chi connectivity index (χ3v) is 4.20. The van der Waals surface area contributed by atoms with Gasteiger partial charge in [-0.3, -0.25) is 4.79 Å². The molecule has 0 radical (unpaired) electrons. The van der Waals surface area contributed by atoms with Gasteiger partial charge in [-0.1, -0.05) is 44.7 Å². The zero-order valence-corrected chi connectivity index (χ0v) is 13.5. The average Bonchev–Trinajstić information content (AvgIpc) is 2.45. The van der Waals surface area contributed by atoms with Gasteiger partial charge in [-0.25, -0.2) is 0 Å². The van der Waals surface area contributed by atoms with Crippen LogP contribution >= 0.6 is 11.6 Å². The summed E-state index contributed by atoms with van der Waals surface area (Å²) >= 11 is 6.17. The van der Waals surface area contributed by atoms with E-state index in [2.05, 4.69) is 10.6 Å². The number of nitrogens with two attached hydrogens (primary N) is 1. The molecule has 0 unspecified atom stereocenters. The summed E-state index contributed by atoms with van der Waals surface area (Å²) < 4.78 is 0. The molecule has 0 bridgehead atoms. The van der Waals surface area contributed by atoms with Crippen molar-refractivity contribution in [2.75, 3.05) is 16.4 Å². The van der Waals surface area contributed by atoms with Crippen molar-refractivity contribution in [1.29, 1.82) is 0 Å². The second-order valence-electron chi connectivity index (χ2n) is 6.04. The van der Waals surface area contributed by atoms with Crippen molar-refractivity contribution in [2.45, 2.75) is 52.0 Å². The van der Waals surface area contributed by atoms with Crippen LogP contribution in [0.15, 0.2) is 12.1 Å². The lowest BCUT2D eigenvalue weighted by molar-refractivity contribution is -0.118. The summed E-state index contributed by atoms with van der Waals surface area (Å²) in [5.41, 5.74) is 8.12. The highest BCUT2D eigenvalue weighted by atomic mass is 35.5. The van der Waals surface area contributed by atoms with Gasteiger partial charge >= 0.3 is 0 Å². The predicted octanol–water partition coefficient (Wildman–Crippen LogP) is 4.26. The Morgan fingerprint density at radius 2 is 1.90 bits per heavy atom. The van der Waals surface area contributed by atoms with E-state index >= 15 is 0 Å². The van der Waals surface area contributed by atoms with E-state index in [0.717, 1.165) is 18.5 Å². The molecule has 0 spiro atoms. The van der Waals surface area contributed by atoms with Crippen molar-refractivity contribution >= 4 is 34.6 Å². The quantitative estimate of drug-likeness (QED) is 0.728. The number of carbonyl (C=O) groups excluding carboxylic acids is 1. The summed E-state index contributed by atoms with van der Waals surface area (Å²) in [7, 11) is 0. The Morgan fingerprint density at radius 3 is 2.52 bits per heavy atom. The topological polar surface area (TPSA) is 67.2 Å². The van der Waals surface area contributed by atoms with Gasteiger partial charge < -0.3 is 16.4 Å². The molecule has 0 heterocycles. The molecule has 4 nitrogen and oxygen atoms in total. The molecule has 4 N–H and O–H groups in total. The molecule has 5 heteroatoms. The van der Waals surface area contributed by atoms with Crippen LogP contribution in [0.2, 0.25) is 5.02 Å². The third-order valence-electron chi connectivity index (χ3n) is 3.89. The van der Waals surface area contributed by atoms with E-state index in [4.69, 9.17) is 17.3 Å². The van der Waals surface area contributed by atoms with Crippen molar-refractivity contribution in [3.63, 3.8) is 0 Å². The number of nitrogens with one attached hydrogen (secondary N) is 2. The fraction of sp³-hybridized carbons (Fsp3) is 0.562. The fourth-order valence-corrected chi connectivity index (χ4v) is 2.77. The Balaban J connectivity index is 2.15. The van der Waals surface area contributed by atoms with E-state index in [0.29, 0.717) is 22.4 Å². The largest absolute Gasteiger partial charge is 0.397 e. The van der Waals surface area contributed by atoms with E-state index in [1.165, 1.54) is 19.3 Å². The van der Waals surface area contributed by atoms with Crippen LogP contribution in [-0.2, 0) is 4.79 Å². The van der Waals surface area contributed by atoms with Crippen LogP contribution in [0.5, 0.6) is 0 Å². The zero-order valence-electron chi connectivity index (χ0n) is 12.7. The summed E-state index contributed by atoms with van der Waals surface area (Å²) in [6, 6.07) is 3.99. The van der Waals surface area contributed by atoms with Crippen molar-refractivity contribution in [3.8, 4) is 0 Å². The van der Waals surface area contributed by atoms with Crippen LogP contribution < -0.4 is 16.4 Å². The first kappa shape index (κ1) is 16.0. The maximum absolute atomic E-state index is 11.8. The molecular weight excluding hydrogens is 286 g/mol. The highest BCUT2D eigenvalue weighted by molar-refractivity contribution is 6.34. The molecule has 21 heavy (non-hydrogen) atoms. The van der Waals surface area contributed by atoms with Gasteiger partial charge in [0.05, 0.1) is 22.1 Å². The standard InChI is InChI=1S/C16H24ClN3O/c1-10(2)16(21)20-14-9-15(13(18)8-12(14)17)19-11-6-4-3-5-7-11/h8-11,19H,3-7,18H2,1-2H3,(H,20,21). The Labute approximate surface area is 131 Å². The maximum atomic E-state index is 11.8. The van der Waals surface area contributed by atoms with Crippen LogP contribution in [0.3, 0.4) is 0 Å². The van der Waals surface area contributed by atoms with Gasteiger partial charge in [0.2, 0.25) is 5.91 Å². The monoisotopic (exact) mass is 309 g/mol. The first-order valence-corrected chi connectivity index (χ1v) is 8.01. The zero-order chi connectivity index (χ0) is 15.4. The van der Waals surface area contributed by atoms with Crippen LogP contribution in [0.4, 0.5) is 17.1 Å². The molecule has 1 aromatic rings. The first-order valence-electron chi connectivity index (χ1n) is 7.64. The Bertz CT molecular complexity index is 510. The Morgan fingerprint density at radius 1 is 1.24 bits per heavy atom. The summed E-state index contributed by atoms with van der Waals surface area (Å²) in [5, 5.41) is 6.80. The minimum Gasteiger partial charge on any atom is -0.397 e. The number of rotatable bonds is 4. The van der Waals surface area contributed by atoms with E-state index in [9.17, 15) is 4.79 Å². The molecule has 2 rings (SSSR count). The molecule has 116 valence electrons. The number of halogens is 1. The van der Waals surface area contributed by atoms with Crippen molar-refractivity contribution in [2.24, 2.45) is 5.92 Å². The molecule has 1 aromatic carbocycles. The molecule has 1 aliphatic carbocycles. The number of carbonyl (C=O) groups is 1. The van der Waals surface area contributed by atoms with Gasteiger partial charge in [0, 0.05) is 12.0 Å². The first-order chi connectivity index (χ1) is 9.97. The van der Waals surface area contributed by atoms with Crippen LogP contribution in [0, 0.1) is 5.92 Å². The minimum atomic E-state index is -0.0895. The van der Waals surface area contributed by atoms with Gasteiger partial charge in [0.25, 0.3) is 0 Å². The minimum absolute atomic E-state index is 0.0507. The molecular formula is C16H24ClN3O. The van der Waals surface area contributed by atoms with E-state index in [1.54, 1.807) is 6.07 Å². The number of nitrogen functional groups attached to an aromatic ring is 1. The lowest BCUT2D eigenvalue weighted by Crippen LogP contribution is -2.23. The predicted molar refractivity (Wildman–Crippen MR) is 89.8 cm³/mol. The number of hydrogen-bond donors (Lipinski definition) is 3. The second kappa shape index (κ2) is 7.03. The van der Waals surface area contributed by atoms with Gasteiger partial charge in [-0.15, -0.1) is 0 Å². The van der Waals surface area contributed by atoms with Gasteiger partial charge in [0.15, 0.2) is 0 Å². The molecule has 0 aromatic heterocycles. The molecule has 0 aliphatic heterocycles. The lowest BCUT2D eigenvalue weighted by atomic mass is 9.95. The number of benzene rings is 1. The summed E-state index contributed by atoms with van der Waals surface area (Å²) in [4.78, 5) is 11.8. The van der Waals surface area contributed by atoms with E-state index < -0.39 is 0 Å². The fourth-order valence-electron chi connectivity index (χ4n) is 2.55. The molecule has 1 fully saturated rings. The number of anilines is 3.